The number of nitrogens with one attached hydrogen (secondary N) is 1. The predicted molar refractivity (Wildman–Crippen MR) is 74.5 cm³/mol. The quantitative estimate of drug-likeness (QED) is 0.903. The lowest BCUT2D eigenvalue weighted by Gasteiger charge is -2.27. The standard InChI is InChI=1S/C14H19FN2O2S/c1-10-3-2-4-13(14(10)15)20(18,19)17-11-5-6-12(17)9-16-8-7-11/h2-4,11-12,16H,5-9H2,1H3. The highest BCUT2D eigenvalue weighted by Crippen LogP contribution is 2.34. The van der Waals surface area contributed by atoms with E-state index >= 15 is 0 Å². The average molecular weight is 298 g/mol. The Morgan fingerprint density at radius 1 is 1.25 bits per heavy atom. The highest BCUT2D eigenvalue weighted by molar-refractivity contribution is 7.89. The van der Waals surface area contributed by atoms with Crippen molar-refractivity contribution in [3.8, 4) is 0 Å². The summed E-state index contributed by atoms with van der Waals surface area (Å²) >= 11 is 0. The van der Waals surface area contributed by atoms with E-state index in [2.05, 4.69) is 5.32 Å². The van der Waals surface area contributed by atoms with Crippen molar-refractivity contribution in [3.63, 3.8) is 0 Å². The van der Waals surface area contributed by atoms with Crippen molar-refractivity contribution in [2.75, 3.05) is 13.1 Å². The summed E-state index contributed by atoms with van der Waals surface area (Å²) in [6, 6.07) is 4.51. The van der Waals surface area contributed by atoms with Gasteiger partial charge in [-0.05, 0) is 44.4 Å². The maximum absolute atomic E-state index is 14.2. The van der Waals surface area contributed by atoms with Gasteiger partial charge in [-0.25, -0.2) is 12.8 Å². The Hall–Kier alpha value is -0.980. The van der Waals surface area contributed by atoms with E-state index < -0.39 is 15.8 Å². The van der Waals surface area contributed by atoms with Gasteiger partial charge in [-0.15, -0.1) is 0 Å². The van der Waals surface area contributed by atoms with E-state index in [0.29, 0.717) is 12.1 Å². The lowest BCUT2D eigenvalue weighted by molar-refractivity contribution is 0.332. The third kappa shape index (κ3) is 2.16. The van der Waals surface area contributed by atoms with Gasteiger partial charge in [0.25, 0.3) is 0 Å². The molecule has 6 heteroatoms. The van der Waals surface area contributed by atoms with Crippen LogP contribution in [0.1, 0.15) is 24.8 Å². The molecule has 2 bridgehead atoms. The summed E-state index contributed by atoms with van der Waals surface area (Å²) in [7, 11) is -3.76. The van der Waals surface area contributed by atoms with E-state index in [1.807, 2.05) is 0 Å². The second kappa shape index (κ2) is 5.09. The van der Waals surface area contributed by atoms with Crippen molar-refractivity contribution >= 4 is 10.0 Å². The van der Waals surface area contributed by atoms with Crippen LogP contribution in [-0.2, 0) is 10.0 Å². The summed E-state index contributed by atoms with van der Waals surface area (Å²) in [6.45, 7) is 3.07. The summed E-state index contributed by atoms with van der Waals surface area (Å²) in [5.74, 6) is -0.621. The zero-order chi connectivity index (χ0) is 14.3. The Morgan fingerprint density at radius 2 is 2.00 bits per heavy atom. The van der Waals surface area contributed by atoms with E-state index in [-0.39, 0.29) is 17.0 Å². The number of hydrogen-bond donors (Lipinski definition) is 1. The number of fused-ring (bicyclic) bond motifs is 2. The molecule has 2 heterocycles. The second-order valence-corrected chi connectivity index (χ2v) is 7.41. The molecule has 0 radical (unpaired) electrons. The minimum absolute atomic E-state index is 0.0000813. The van der Waals surface area contributed by atoms with E-state index in [9.17, 15) is 12.8 Å². The molecule has 110 valence electrons. The second-order valence-electron chi connectivity index (χ2n) is 5.60. The highest BCUT2D eigenvalue weighted by atomic mass is 32.2. The van der Waals surface area contributed by atoms with Crippen LogP contribution in [0.4, 0.5) is 4.39 Å². The fourth-order valence-electron chi connectivity index (χ4n) is 3.26. The molecule has 0 amide bonds. The van der Waals surface area contributed by atoms with Crippen molar-refractivity contribution in [1.29, 1.82) is 0 Å². The topological polar surface area (TPSA) is 49.4 Å². The van der Waals surface area contributed by atoms with Crippen LogP contribution >= 0.6 is 0 Å². The lowest BCUT2D eigenvalue weighted by Crippen LogP contribution is -2.42. The van der Waals surface area contributed by atoms with Crippen LogP contribution in [0.5, 0.6) is 0 Å². The number of rotatable bonds is 2. The van der Waals surface area contributed by atoms with Gasteiger partial charge < -0.3 is 5.32 Å². The molecule has 3 rings (SSSR count). The number of halogens is 1. The van der Waals surface area contributed by atoms with Crippen LogP contribution in [0, 0.1) is 12.7 Å². The number of benzene rings is 1. The van der Waals surface area contributed by atoms with Gasteiger partial charge >= 0.3 is 0 Å². The maximum atomic E-state index is 14.2. The molecule has 4 nitrogen and oxygen atoms in total. The van der Waals surface area contributed by atoms with E-state index in [1.165, 1.54) is 6.07 Å². The highest BCUT2D eigenvalue weighted by Gasteiger charge is 2.43. The minimum atomic E-state index is -3.76. The monoisotopic (exact) mass is 298 g/mol. The summed E-state index contributed by atoms with van der Waals surface area (Å²) in [6.07, 6.45) is 2.52. The number of sulfonamides is 1. The van der Waals surface area contributed by atoms with Gasteiger partial charge in [-0.3, -0.25) is 0 Å². The Kier molecular flexibility index (Phi) is 3.56. The molecule has 2 aliphatic rings. The van der Waals surface area contributed by atoms with Crippen LogP contribution < -0.4 is 5.32 Å². The van der Waals surface area contributed by atoms with Crippen molar-refractivity contribution < 1.29 is 12.8 Å². The first-order valence-corrected chi connectivity index (χ1v) is 8.45. The molecule has 2 fully saturated rings. The average Bonchev–Trinajstić information content (AvgIpc) is 2.66. The molecule has 0 aromatic heterocycles. The van der Waals surface area contributed by atoms with Crippen molar-refractivity contribution in [1.82, 2.24) is 9.62 Å². The van der Waals surface area contributed by atoms with E-state index in [0.717, 1.165) is 25.8 Å². The number of hydrogen-bond acceptors (Lipinski definition) is 3. The maximum Gasteiger partial charge on any atom is 0.246 e. The molecule has 2 aliphatic heterocycles. The fourth-order valence-corrected chi connectivity index (χ4v) is 5.31. The van der Waals surface area contributed by atoms with E-state index in [1.54, 1.807) is 23.4 Å². The predicted octanol–water partition coefficient (Wildman–Crippen LogP) is 1.65. The summed E-state index contributed by atoms with van der Waals surface area (Å²) in [5.41, 5.74) is 0.367. The van der Waals surface area contributed by atoms with Crippen LogP contribution in [0.3, 0.4) is 0 Å². The first kappa shape index (κ1) is 14.0. The molecular weight excluding hydrogens is 279 g/mol. The third-order valence-electron chi connectivity index (χ3n) is 4.30. The molecule has 2 atom stereocenters. The van der Waals surface area contributed by atoms with Crippen molar-refractivity contribution in [3.05, 3.63) is 29.6 Å². The Bertz CT molecular complexity index is 604. The van der Waals surface area contributed by atoms with Crippen LogP contribution in [0.25, 0.3) is 0 Å². The zero-order valence-corrected chi connectivity index (χ0v) is 12.3. The Morgan fingerprint density at radius 3 is 2.80 bits per heavy atom. The molecule has 0 aliphatic carbocycles. The molecule has 1 N–H and O–H groups in total. The van der Waals surface area contributed by atoms with Gasteiger partial charge in [0.15, 0.2) is 0 Å². The summed E-state index contributed by atoms with van der Waals surface area (Å²) < 4.78 is 41.4. The smallest absolute Gasteiger partial charge is 0.246 e. The molecule has 0 saturated carbocycles. The SMILES string of the molecule is Cc1cccc(S(=O)(=O)N2C3CCNCC2CC3)c1F. The first-order valence-electron chi connectivity index (χ1n) is 7.01. The van der Waals surface area contributed by atoms with Crippen LogP contribution in [-0.4, -0.2) is 37.9 Å². The van der Waals surface area contributed by atoms with Crippen molar-refractivity contribution in [2.24, 2.45) is 0 Å². The molecule has 20 heavy (non-hydrogen) atoms. The zero-order valence-electron chi connectivity index (χ0n) is 11.5. The normalized spacial score (nSPS) is 27.5. The molecular formula is C14H19FN2O2S. The Balaban J connectivity index is 2.05. The van der Waals surface area contributed by atoms with Gasteiger partial charge in [-0.1, -0.05) is 12.1 Å². The molecule has 2 saturated heterocycles. The number of aryl methyl sites for hydroxylation is 1. The number of nitrogens with zero attached hydrogens (tertiary/aromatic N) is 1. The Labute approximate surface area is 119 Å². The molecule has 1 aromatic carbocycles. The molecule has 1 aromatic rings. The van der Waals surface area contributed by atoms with E-state index in [4.69, 9.17) is 0 Å². The summed E-state index contributed by atoms with van der Waals surface area (Å²) in [5, 5.41) is 3.26. The molecule has 2 unspecified atom stereocenters. The van der Waals surface area contributed by atoms with Gasteiger partial charge in [0.2, 0.25) is 10.0 Å². The van der Waals surface area contributed by atoms with Gasteiger partial charge in [0.05, 0.1) is 0 Å². The van der Waals surface area contributed by atoms with Crippen molar-refractivity contribution in [2.45, 2.75) is 43.2 Å². The minimum Gasteiger partial charge on any atom is -0.315 e. The van der Waals surface area contributed by atoms with Gasteiger partial charge in [0.1, 0.15) is 10.7 Å². The summed E-state index contributed by atoms with van der Waals surface area (Å²) in [4.78, 5) is -0.184. The molecule has 0 spiro atoms. The fraction of sp³-hybridized carbons (Fsp3) is 0.571. The van der Waals surface area contributed by atoms with Crippen LogP contribution in [0.15, 0.2) is 23.1 Å². The lowest BCUT2D eigenvalue weighted by atomic mass is 10.1. The van der Waals surface area contributed by atoms with Crippen LogP contribution in [0.2, 0.25) is 0 Å². The third-order valence-corrected chi connectivity index (χ3v) is 6.32. The largest absolute Gasteiger partial charge is 0.315 e. The first-order chi connectivity index (χ1) is 9.51. The van der Waals surface area contributed by atoms with Gasteiger partial charge in [0, 0.05) is 18.6 Å². The van der Waals surface area contributed by atoms with Gasteiger partial charge in [-0.2, -0.15) is 4.31 Å².